The number of thiazole rings is 1. The summed E-state index contributed by atoms with van der Waals surface area (Å²) < 4.78 is 0. The van der Waals surface area contributed by atoms with Crippen LogP contribution in [0, 0.1) is 11.3 Å². The van der Waals surface area contributed by atoms with Gasteiger partial charge >= 0.3 is 0 Å². The first kappa shape index (κ1) is 12.8. The summed E-state index contributed by atoms with van der Waals surface area (Å²) in [4.78, 5) is 17.7. The molecule has 0 radical (unpaired) electrons. The molecule has 1 aliphatic rings. The van der Waals surface area contributed by atoms with Crippen molar-refractivity contribution in [1.29, 1.82) is 5.26 Å². The Bertz CT molecular complexity index is 678. The molecule has 3 rings (SSSR count). The maximum absolute atomic E-state index is 12.1. The highest BCUT2D eigenvalue weighted by Crippen LogP contribution is 2.25. The van der Waals surface area contributed by atoms with Crippen LogP contribution in [0.2, 0.25) is 0 Å². The van der Waals surface area contributed by atoms with Gasteiger partial charge in [0.05, 0.1) is 17.3 Å². The third-order valence-corrected chi connectivity index (χ3v) is 4.09. The highest BCUT2D eigenvalue weighted by Gasteiger charge is 2.16. The Morgan fingerprint density at radius 3 is 3.20 bits per heavy atom. The molecule has 1 amide bonds. The van der Waals surface area contributed by atoms with Gasteiger partial charge in [-0.1, -0.05) is 6.07 Å². The first-order valence-corrected chi connectivity index (χ1v) is 7.09. The largest absolute Gasteiger partial charge is 0.311 e. The van der Waals surface area contributed by atoms with E-state index in [1.807, 2.05) is 6.07 Å². The van der Waals surface area contributed by atoms with Crippen molar-refractivity contribution in [1.82, 2.24) is 10.3 Å². The summed E-state index contributed by atoms with van der Waals surface area (Å²) >= 11 is 1.50. The Morgan fingerprint density at radius 1 is 1.50 bits per heavy atom. The molecule has 2 aromatic rings. The molecule has 0 bridgehead atoms. The Labute approximate surface area is 120 Å². The lowest BCUT2D eigenvalue weighted by Crippen LogP contribution is -2.22. The summed E-state index contributed by atoms with van der Waals surface area (Å²) in [5.74, 6) is -0.235. The van der Waals surface area contributed by atoms with E-state index >= 15 is 0 Å². The SMILES string of the molecule is N#Cc1cccc(C(=O)Nc2nc3c(s2)CNCC3)c1. The normalized spacial score (nSPS) is 13.3. The molecule has 0 aliphatic carbocycles. The van der Waals surface area contributed by atoms with Gasteiger partial charge < -0.3 is 5.32 Å². The van der Waals surface area contributed by atoms with Crippen LogP contribution in [0.5, 0.6) is 0 Å². The molecular weight excluding hydrogens is 272 g/mol. The minimum Gasteiger partial charge on any atom is -0.311 e. The van der Waals surface area contributed by atoms with Crippen molar-refractivity contribution < 1.29 is 4.79 Å². The third-order valence-electron chi connectivity index (χ3n) is 3.08. The maximum atomic E-state index is 12.1. The van der Waals surface area contributed by atoms with E-state index in [4.69, 9.17) is 5.26 Å². The van der Waals surface area contributed by atoms with E-state index in [0.717, 1.165) is 25.2 Å². The zero-order valence-corrected chi connectivity index (χ0v) is 11.5. The number of nitrogens with one attached hydrogen (secondary N) is 2. The van der Waals surface area contributed by atoms with Gasteiger partial charge in [-0.3, -0.25) is 10.1 Å². The second-order valence-corrected chi connectivity index (χ2v) is 5.55. The van der Waals surface area contributed by atoms with Crippen LogP contribution < -0.4 is 10.6 Å². The summed E-state index contributed by atoms with van der Waals surface area (Å²) in [5.41, 5.74) is 2.01. The summed E-state index contributed by atoms with van der Waals surface area (Å²) in [6, 6.07) is 8.65. The number of anilines is 1. The molecule has 5 nitrogen and oxygen atoms in total. The van der Waals surface area contributed by atoms with E-state index < -0.39 is 0 Å². The predicted octanol–water partition coefficient (Wildman–Crippen LogP) is 1.91. The number of hydrogen-bond acceptors (Lipinski definition) is 5. The lowest BCUT2D eigenvalue weighted by molar-refractivity contribution is 0.102. The minimum atomic E-state index is -0.235. The monoisotopic (exact) mass is 284 g/mol. The number of benzene rings is 1. The maximum Gasteiger partial charge on any atom is 0.257 e. The fraction of sp³-hybridized carbons (Fsp3) is 0.214. The summed E-state index contributed by atoms with van der Waals surface area (Å²) in [6.45, 7) is 1.74. The summed E-state index contributed by atoms with van der Waals surface area (Å²) in [5, 5.41) is 15.5. The van der Waals surface area contributed by atoms with Crippen molar-refractivity contribution in [3.8, 4) is 6.07 Å². The predicted molar refractivity (Wildman–Crippen MR) is 76.6 cm³/mol. The van der Waals surface area contributed by atoms with Crippen LogP contribution in [-0.2, 0) is 13.0 Å². The van der Waals surface area contributed by atoms with E-state index in [9.17, 15) is 4.79 Å². The van der Waals surface area contributed by atoms with Gasteiger partial charge in [0.1, 0.15) is 0 Å². The van der Waals surface area contributed by atoms with Gasteiger partial charge in [-0.15, -0.1) is 11.3 Å². The molecule has 0 saturated heterocycles. The Kier molecular flexibility index (Phi) is 3.46. The molecule has 2 N–H and O–H groups in total. The van der Waals surface area contributed by atoms with Gasteiger partial charge in [-0.25, -0.2) is 4.98 Å². The Morgan fingerprint density at radius 2 is 2.40 bits per heavy atom. The van der Waals surface area contributed by atoms with E-state index in [2.05, 4.69) is 15.6 Å². The van der Waals surface area contributed by atoms with Crippen LogP contribution in [0.3, 0.4) is 0 Å². The molecule has 0 spiro atoms. The number of amides is 1. The van der Waals surface area contributed by atoms with Crippen molar-refractivity contribution >= 4 is 22.4 Å². The van der Waals surface area contributed by atoms with Crippen LogP contribution >= 0.6 is 11.3 Å². The average Bonchev–Trinajstić information content (AvgIpc) is 2.89. The Balaban J connectivity index is 1.78. The second-order valence-electron chi connectivity index (χ2n) is 4.46. The van der Waals surface area contributed by atoms with Crippen LogP contribution in [-0.4, -0.2) is 17.4 Å². The molecule has 6 heteroatoms. The highest BCUT2D eigenvalue weighted by atomic mass is 32.1. The van der Waals surface area contributed by atoms with Crippen molar-refractivity contribution in [2.75, 3.05) is 11.9 Å². The molecule has 0 fully saturated rings. The molecule has 0 unspecified atom stereocenters. The van der Waals surface area contributed by atoms with Gasteiger partial charge in [0.25, 0.3) is 5.91 Å². The van der Waals surface area contributed by atoms with Gasteiger partial charge in [-0.05, 0) is 18.2 Å². The van der Waals surface area contributed by atoms with Crippen LogP contribution in [0.4, 0.5) is 5.13 Å². The van der Waals surface area contributed by atoms with Crippen molar-refractivity contribution in [3.63, 3.8) is 0 Å². The zero-order chi connectivity index (χ0) is 13.9. The quantitative estimate of drug-likeness (QED) is 0.883. The van der Waals surface area contributed by atoms with Gasteiger partial charge in [0.2, 0.25) is 0 Å². The molecule has 1 aromatic carbocycles. The topological polar surface area (TPSA) is 77.8 Å². The number of rotatable bonds is 2. The van der Waals surface area contributed by atoms with Crippen LogP contribution in [0.15, 0.2) is 24.3 Å². The number of hydrogen-bond donors (Lipinski definition) is 2. The lowest BCUT2D eigenvalue weighted by atomic mass is 10.1. The second kappa shape index (κ2) is 5.41. The zero-order valence-electron chi connectivity index (χ0n) is 10.6. The molecule has 2 heterocycles. The van der Waals surface area contributed by atoms with E-state index in [0.29, 0.717) is 16.3 Å². The van der Waals surface area contributed by atoms with Gasteiger partial charge in [0.15, 0.2) is 5.13 Å². The van der Waals surface area contributed by atoms with Crippen molar-refractivity contribution in [3.05, 3.63) is 46.0 Å². The van der Waals surface area contributed by atoms with E-state index in [1.54, 1.807) is 24.3 Å². The number of carbonyl (C=O) groups is 1. The van der Waals surface area contributed by atoms with E-state index in [-0.39, 0.29) is 5.91 Å². The lowest BCUT2D eigenvalue weighted by Gasteiger charge is -2.09. The summed E-state index contributed by atoms with van der Waals surface area (Å²) in [7, 11) is 0. The van der Waals surface area contributed by atoms with Crippen molar-refractivity contribution in [2.45, 2.75) is 13.0 Å². The van der Waals surface area contributed by atoms with Crippen molar-refractivity contribution in [2.24, 2.45) is 0 Å². The number of nitrogens with zero attached hydrogens (tertiary/aromatic N) is 2. The first-order chi connectivity index (χ1) is 9.76. The fourth-order valence-corrected chi connectivity index (χ4v) is 3.05. The van der Waals surface area contributed by atoms with Gasteiger partial charge in [-0.2, -0.15) is 5.26 Å². The molecule has 20 heavy (non-hydrogen) atoms. The highest BCUT2D eigenvalue weighted by molar-refractivity contribution is 7.15. The standard InChI is InChI=1S/C14H12N4OS/c15-7-9-2-1-3-10(6-9)13(19)18-14-17-11-4-5-16-8-12(11)20-14/h1-3,6,16H,4-5,8H2,(H,17,18,19). The number of nitriles is 1. The smallest absolute Gasteiger partial charge is 0.257 e. The van der Waals surface area contributed by atoms with Crippen LogP contribution in [0.1, 0.15) is 26.5 Å². The van der Waals surface area contributed by atoms with E-state index in [1.165, 1.54) is 16.2 Å². The summed E-state index contributed by atoms with van der Waals surface area (Å²) in [6.07, 6.45) is 0.894. The number of aromatic nitrogens is 1. The molecule has 1 aliphatic heterocycles. The number of fused-ring (bicyclic) bond motifs is 1. The number of carbonyl (C=O) groups excluding carboxylic acids is 1. The first-order valence-electron chi connectivity index (χ1n) is 6.27. The Hall–Kier alpha value is -2.23. The molecule has 100 valence electrons. The molecule has 0 saturated carbocycles. The molecular formula is C14H12N4OS. The average molecular weight is 284 g/mol. The fourth-order valence-electron chi connectivity index (χ4n) is 2.08. The molecule has 0 atom stereocenters. The van der Waals surface area contributed by atoms with Gasteiger partial charge in [0, 0.05) is 30.0 Å². The molecule has 1 aromatic heterocycles. The minimum absolute atomic E-state index is 0.235. The third kappa shape index (κ3) is 2.54. The van der Waals surface area contributed by atoms with Crippen LogP contribution in [0.25, 0.3) is 0 Å².